The smallest absolute Gasteiger partial charge is 0.272 e. The minimum atomic E-state index is -0.138. The van der Waals surface area contributed by atoms with Gasteiger partial charge in [-0.1, -0.05) is 35.5 Å². The highest BCUT2D eigenvalue weighted by Gasteiger charge is 2.17. The van der Waals surface area contributed by atoms with Crippen molar-refractivity contribution >= 4 is 39.3 Å². The molecule has 0 fully saturated rings. The van der Waals surface area contributed by atoms with Gasteiger partial charge in [0.25, 0.3) is 5.56 Å². The Bertz CT molecular complexity index is 717. The van der Waals surface area contributed by atoms with Crippen LogP contribution in [-0.4, -0.2) is 15.8 Å². The minimum Gasteiger partial charge on any atom is -0.472 e. The quantitative estimate of drug-likeness (QED) is 0.543. The lowest BCUT2D eigenvalue weighted by molar-refractivity contribution is 0.283. The number of benzene rings is 1. The van der Waals surface area contributed by atoms with Crippen LogP contribution in [0.4, 0.5) is 0 Å². The fraction of sp³-hybridized carbons (Fsp3) is 0.333. The van der Waals surface area contributed by atoms with Gasteiger partial charge in [0.1, 0.15) is 11.1 Å². The summed E-state index contributed by atoms with van der Waals surface area (Å²) < 4.78 is 7.68. The highest BCUT2D eigenvalue weighted by atomic mass is 79.9. The number of aromatic nitrogens is 2. The van der Waals surface area contributed by atoms with Crippen LogP contribution in [0, 0.1) is 0 Å². The third-order valence-corrected chi connectivity index (χ3v) is 4.57. The molecule has 0 N–H and O–H groups in total. The van der Waals surface area contributed by atoms with Crippen molar-refractivity contribution in [3.8, 4) is 5.88 Å². The van der Waals surface area contributed by atoms with Crippen molar-refractivity contribution in [1.29, 1.82) is 0 Å². The molecule has 0 saturated heterocycles. The van der Waals surface area contributed by atoms with Gasteiger partial charge in [-0.15, -0.1) is 0 Å². The van der Waals surface area contributed by atoms with Gasteiger partial charge in [-0.3, -0.25) is 9.36 Å². The van der Waals surface area contributed by atoms with Gasteiger partial charge in [-0.05, 0) is 53.7 Å². The molecule has 2 rings (SSSR count). The Morgan fingerprint density at radius 1 is 1.36 bits per heavy atom. The van der Waals surface area contributed by atoms with E-state index in [1.54, 1.807) is 16.7 Å². The summed E-state index contributed by atoms with van der Waals surface area (Å²) in [5.74, 6) is 0.307. The van der Waals surface area contributed by atoms with Crippen LogP contribution in [0.15, 0.2) is 38.7 Å². The van der Waals surface area contributed by atoms with Gasteiger partial charge in [0, 0.05) is 11.1 Å². The van der Waals surface area contributed by atoms with Crippen molar-refractivity contribution in [2.75, 3.05) is 6.26 Å². The molecule has 2 aromatic rings. The van der Waals surface area contributed by atoms with Gasteiger partial charge >= 0.3 is 0 Å². The highest BCUT2D eigenvalue weighted by molar-refractivity contribution is 9.10. The van der Waals surface area contributed by atoms with Crippen LogP contribution < -0.4 is 10.3 Å². The van der Waals surface area contributed by atoms with E-state index in [9.17, 15) is 4.79 Å². The number of hydrogen-bond donors (Lipinski definition) is 0. The van der Waals surface area contributed by atoms with Crippen LogP contribution in [0.2, 0.25) is 5.02 Å². The summed E-state index contributed by atoms with van der Waals surface area (Å²) in [6, 6.07) is 7.38. The largest absolute Gasteiger partial charge is 0.472 e. The number of rotatable bonds is 5. The summed E-state index contributed by atoms with van der Waals surface area (Å²) in [6.45, 7) is 4.22. The lowest BCUT2D eigenvalue weighted by atomic mass is 10.2. The summed E-state index contributed by atoms with van der Waals surface area (Å²) in [4.78, 5) is 16.9. The molecular weight excluding hydrogens is 388 g/mol. The van der Waals surface area contributed by atoms with Crippen LogP contribution >= 0.6 is 39.3 Å². The van der Waals surface area contributed by atoms with Gasteiger partial charge < -0.3 is 4.74 Å². The Morgan fingerprint density at radius 3 is 2.55 bits per heavy atom. The lowest BCUT2D eigenvalue weighted by Crippen LogP contribution is -2.26. The zero-order valence-corrected chi connectivity index (χ0v) is 15.6. The summed E-state index contributed by atoms with van der Waals surface area (Å²) in [6.07, 6.45) is 1.89. The fourth-order valence-corrected chi connectivity index (χ4v) is 3.09. The molecule has 0 spiro atoms. The standard InChI is InChI=1S/C15H16BrClN2O2S/c1-9(2)19-14(20)12(16)13(18-15(19)22-3)21-8-10-4-6-11(17)7-5-10/h4-7,9H,8H2,1-3H3. The van der Waals surface area contributed by atoms with Crippen molar-refractivity contribution in [2.45, 2.75) is 31.7 Å². The molecule has 0 bridgehead atoms. The van der Waals surface area contributed by atoms with Crippen molar-refractivity contribution in [3.05, 3.63) is 49.7 Å². The van der Waals surface area contributed by atoms with Crippen molar-refractivity contribution in [2.24, 2.45) is 0 Å². The van der Waals surface area contributed by atoms with Crippen LogP contribution in [0.1, 0.15) is 25.5 Å². The average Bonchev–Trinajstić information content (AvgIpc) is 2.49. The topological polar surface area (TPSA) is 44.1 Å². The van der Waals surface area contributed by atoms with E-state index in [1.807, 2.05) is 32.2 Å². The van der Waals surface area contributed by atoms with E-state index in [4.69, 9.17) is 16.3 Å². The van der Waals surface area contributed by atoms with E-state index in [0.29, 0.717) is 27.1 Å². The molecule has 1 heterocycles. The molecular formula is C15H16BrClN2O2S. The monoisotopic (exact) mass is 402 g/mol. The first-order valence-electron chi connectivity index (χ1n) is 6.67. The number of thioether (sulfide) groups is 1. The van der Waals surface area contributed by atoms with Crippen molar-refractivity contribution < 1.29 is 4.74 Å². The Balaban J connectivity index is 2.30. The Labute approximate surface area is 147 Å². The predicted octanol–water partition coefficient (Wildman–Crippen LogP) is 4.54. The molecule has 0 saturated carbocycles. The second kappa shape index (κ2) is 7.53. The average molecular weight is 404 g/mol. The first kappa shape index (κ1) is 17.4. The van der Waals surface area contributed by atoms with E-state index in [1.165, 1.54) is 11.8 Å². The van der Waals surface area contributed by atoms with Crippen molar-refractivity contribution in [3.63, 3.8) is 0 Å². The Hall–Kier alpha value is -0.980. The molecule has 0 aliphatic rings. The first-order valence-corrected chi connectivity index (χ1v) is 9.07. The number of nitrogens with zero attached hydrogens (tertiary/aromatic N) is 2. The van der Waals surface area contributed by atoms with E-state index in [2.05, 4.69) is 20.9 Å². The lowest BCUT2D eigenvalue weighted by Gasteiger charge is -2.16. The van der Waals surface area contributed by atoms with Gasteiger partial charge in [-0.2, -0.15) is 4.98 Å². The molecule has 0 aliphatic heterocycles. The maximum Gasteiger partial charge on any atom is 0.272 e. The van der Waals surface area contributed by atoms with Crippen LogP contribution in [0.3, 0.4) is 0 Å². The van der Waals surface area contributed by atoms with E-state index in [0.717, 1.165) is 5.56 Å². The molecule has 1 aromatic heterocycles. The molecule has 118 valence electrons. The molecule has 4 nitrogen and oxygen atoms in total. The molecule has 0 atom stereocenters. The number of halogens is 2. The Kier molecular flexibility index (Phi) is 5.94. The minimum absolute atomic E-state index is 0.0315. The molecule has 0 amide bonds. The second-order valence-electron chi connectivity index (χ2n) is 4.90. The summed E-state index contributed by atoms with van der Waals surface area (Å²) in [5.41, 5.74) is 0.817. The normalized spacial score (nSPS) is 11.0. The SMILES string of the molecule is CSc1nc(OCc2ccc(Cl)cc2)c(Br)c(=O)n1C(C)C. The predicted molar refractivity (Wildman–Crippen MR) is 94.1 cm³/mol. The van der Waals surface area contributed by atoms with Crippen LogP contribution in [-0.2, 0) is 6.61 Å². The van der Waals surface area contributed by atoms with E-state index in [-0.39, 0.29) is 11.6 Å². The molecule has 0 aliphatic carbocycles. The third-order valence-electron chi connectivity index (χ3n) is 2.99. The van der Waals surface area contributed by atoms with E-state index < -0.39 is 0 Å². The third kappa shape index (κ3) is 3.86. The van der Waals surface area contributed by atoms with Gasteiger partial charge in [0.2, 0.25) is 5.88 Å². The van der Waals surface area contributed by atoms with Gasteiger partial charge in [0.15, 0.2) is 5.16 Å². The molecule has 0 radical (unpaired) electrons. The summed E-state index contributed by atoms with van der Waals surface area (Å²) >= 11 is 10.6. The number of hydrogen-bond acceptors (Lipinski definition) is 4. The summed E-state index contributed by atoms with van der Waals surface area (Å²) in [7, 11) is 0. The van der Waals surface area contributed by atoms with Crippen LogP contribution in [0.25, 0.3) is 0 Å². The molecule has 7 heteroatoms. The van der Waals surface area contributed by atoms with E-state index >= 15 is 0 Å². The van der Waals surface area contributed by atoms with Gasteiger partial charge in [-0.25, -0.2) is 0 Å². The first-order chi connectivity index (χ1) is 10.4. The maximum atomic E-state index is 12.4. The highest BCUT2D eigenvalue weighted by Crippen LogP contribution is 2.25. The van der Waals surface area contributed by atoms with Crippen LogP contribution in [0.5, 0.6) is 5.88 Å². The van der Waals surface area contributed by atoms with Crippen molar-refractivity contribution in [1.82, 2.24) is 9.55 Å². The number of ether oxygens (including phenoxy) is 1. The second-order valence-corrected chi connectivity index (χ2v) is 6.90. The molecule has 1 aromatic carbocycles. The molecule has 0 unspecified atom stereocenters. The molecule has 22 heavy (non-hydrogen) atoms. The van der Waals surface area contributed by atoms with Gasteiger partial charge in [0.05, 0.1) is 0 Å². The Morgan fingerprint density at radius 2 is 2.00 bits per heavy atom. The zero-order chi connectivity index (χ0) is 16.3. The fourth-order valence-electron chi connectivity index (χ4n) is 1.90. The maximum absolute atomic E-state index is 12.4. The summed E-state index contributed by atoms with van der Waals surface area (Å²) in [5, 5.41) is 1.31. The zero-order valence-electron chi connectivity index (χ0n) is 12.5.